The van der Waals surface area contributed by atoms with E-state index in [0.29, 0.717) is 12.1 Å². The van der Waals surface area contributed by atoms with Gasteiger partial charge in [-0.3, -0.25) is 4.90 Å². The van der Waals surface area contributed by atoms with E-state index in [9.17, 15) is 0 Å². The van der Waals surface area contributed by atoms with E-state index >= 15 is 0 Å². The maximum absolute atomic E-state index is 5.21. The lowest BCUT2D eigenvalue weighted by Crippen LogP contribution is -2.58. The Morgan fingerprint density at radius 3 is 2.75 bits per heavy atom. The van der Waals surface area contributed by atoms with Crippen molar-refractivity contribution in [2.75, 3.05) is 33.4 Å². The number of piperazine rings is 1. The molecule has 0 radical (unpaired) electrons. The smallest absolute Gasteiger partial charge is 0.0589 e. The summed E-state index contributed by atoms with van der Waals surface area (Å²) >= 11 is 0. The highest BCUT2D eigenvalue weighted by atomic mass is 16.5. The Balaban J connectivity index is 2.52. The molecule has 3 atom stereocenters. The molecular formula is C13H28N2O. The van der Waals surface area contributed by atoms with E-state index in [1.807, 2.05) is 0 Å². The normalized spacial score (nSPS) is 29.2. The van der Waals surface area contributed by atoms with Crippen molar-refractivity contribution in [1.29, 1.82) is 0 Å². The first-order chi connectivity index (χ1) is 7.72. The molecule has 1 saturated heterocycles. The highest BCUT2D eigenvalue weighted by Gasteiger charge is 2.29. The molecular weight excluding hydrogens is 200 g/mol. The summed E-state index contributed by atoms with van der Waals surface area (Å²) in [4.78, 5) is 2.61. The molecule has 0 aromatic carbocycles. The Hall–Kier alpha value is -0.120. The van der Waals surface area contributed by atoms with Crippen LogP contribution in [0.2, 0.25) is 0 Å². The van der Waals surface area contributed by atoms with Crippen molar-refractivity contribution < 1.29 is 4.74 Å². The SMILES string of the molecule is CCC1CN(CCOC)C(C(C)CC)CN1. The monoisotopic (exact) mass is 228 g/mol. The van der Waals surface area contributed by atoms with E-state index in [4.69, 9.17) is 4.74 Å². The van der Waals surface area contributed by atoms with Gasteiger partial charge in [0.2, 0.25) is 0 Å². The van der Waals surface area contributed by atoms with Crippen molar-refractivity contribution in [3.63, 3.8) is 0 Å². The Morgan fingerprint density at radius 1 is 1.44 bits per heavy atom. The van der Waals surface area contributed by atoms with E-state index in [1.54, 1.807) is 7.11 Å². The van der Waals surface area contributed by atoms with Gasteiger partial charge in [-0.1, -0.05) is 27.2 Å². The van der Waals surface area contributed by atoms with Gasteiger partial charge in [0, 0.05) is 38.8 Å². The molecule has 16 heavy (non-hydrogen) atoms. The Kier molecular flexibility index (Phi) is 6.32. The van der Waals surface area contributed by atoms with Crippen molar-refractivity contribution in [3.8, 4) is 0 Å². The van der Waals surface area contributed by atoms with Crippen molar-refractivity contribution in [2.45, 2.75) is 45.7 Å². The molecule has 3 heteroatoms. The number of hydrogen-bond donors (Lipinski definition) is 1. The number of rotatable bonds is 6. The predicted octanol–water partition coefficient (Wildman–Crippen LogP) is 1.73. The summed E-state index contributed by atoms with van der Waals surface area (Å²) in [5.74, 6) is 0.766. The summed E-state index contributed by atoms with van der Waals surface area (Å²) in [5.41, 5.74) is 0. The molecule has 3 nitrogen and oxygen atoms in total. The highest BCUT2D eigenvalue weighted by molar-refractivity contribution is 4.87. The molecule has 1 aliphatic heterocycles. The van der Waals surface area contributed by atoms with Gasteiger partial charge in [0.1, 0.15) is 0 Å². The summed E-state index contributed by atoms with van der Waals surface area (Å²) < 4.78 is 5.21. The first-order valence-electron chi connectivity index (χ1n) is 6.69. The van der Waals surface area contributed by atoms with Gasteiger partial charge in [0.25, 0.3) is 0 Å². The van der Waals surface area contributed by atoms with Crippen LogP contribution in [-0.2, 0) is 4.74 Å². The lowest BCUT2D eigenvalue weighted by atomic mass is 9.94. The molecule has 1 N–H and O–H groups in total. The van der Waals surface area contributed by atoms with Crippen LogP contribution in [0.25, 0.3) is 0 Å². The Labute approximate surface area is 101 Å². The first kappa shape index (κ1) is 13.9. The van der Waals surface area contributed by atoms with Gasteiger partial charge in [-0.2, -0.15) is 0 Å². The van der Waals surface area contributed by atoms with E-state index < -0.39 is 0 Å². The summed E-state index contributed by atoms with van der Waals surface area (Å²) in [6.07, 6.45) is 2.48. The Morgan fingerprint density at radius 2 is 2.19 bits per heavy atom. The second-order valence-corrected chi connectivity index (χ2v) is 4.95. The van der Waals surface area contributed by atoms with Crippen LogP contribution in [0.5, 0.6) is 0 Å². The third-order valence-electron chi connectivity index (χ3n) is 3.92. The van der Waals surface area contributed by atoms with Crippen molar-refractivity contribution in [3.05, 3.63) is 0 Å². The number of nitrogens with one attached hydrogen (secondary N) is 1. The van der Waals surface area contributed by atoms with Crippen LogP contribution in [0.3, 0.4) is 0 Å². The van der Waals surface area contributed by atoms with Crippen molar-refractivity contribution >= 4 is 0 Å². The number of hydrogen-bond acceptors (Lipinski definition) is 3. The van der Waals surface area contributed by atoms with E-state index in [-0.39, 0.29) is 0 Å². The van der Waals surface area contributed by atoms with Crippen LogP contribution in [0.4, 0.5) is 0 Å². The van der Waals surface area contributed by atoms with Gasteiger partial charge in [-0.05, 0) is 12.3 Å². The average molecular weight is 228 g/mol. The molecule has 1 heterocycles. The predicted molar refractivity (Wildman–Crippen MR) is 68.8 cm³/mol. The van der Waals surface area contributed by atoms with E-state index in [2.05, 4.69) is 31.0 Å². The molecule has 1 aliphatic rings. The van der Waals surface area contributed by atoms with Gasteiger partial charge in [-0.15, -0.1) is 0 Å². The van der Waals surface area contributed by atoms with Crippen LogP contribution in [-0.4, -0.2) is 50.3 Å². The zero-order valence-electron chi connectivity index (χ0n) is 11.3. The van der Waals surface area contributed by atoms with Crippen LogP contribution in [0, 0.1) is 5.92 Å². The number of methoxy groups -OCH3 is 1. The van der Waals surface area contributed by atoms with Crippen molar-refractivity contribution in [1.82, 2.24) is 10.2 Å². The topological polar surface area (TPSA) is 24.5 Å². The second-order valence-electron chi connectivity index (χ2n) is 4.95. The number of ether oxygens (including phenoxy) is 1. The molecule has 0 aliphatic carbocycles. The fourth-order valence-corrected chi connectivity index (χ4v) is 2.47. The molecule has 0 amide bonds. The lowest BCUT2D eigenvalue weighted by molar-refractivity contribution is 0.0606. The van der Waals surface area contributed by atoms with Crippen LogP contribution < -0.4 is 5.32 Å². The van der Waals surface area contributed by atoms with Crippen LogP contribution >= 0.6 is 0 Å². The van der Waals surface area contributed by atoms with Crippen LogP contribution in [0.1, 0.15) is 33.6 Å². The first-order valence-corrected chi connectivity index (χ1v) is 6.69. The minimum atomic E-state index is 0.664. The molecule has 3 unspecified atom stereocenters. The van der Waals surface area contributed by atoms with Gasteiger partial charge < -0.3 is 10.1 Å². The maximum Gasteiger partial charge on any atom is 0.0589 e. The summed E-state index contributed by atoms with van der Waals surface area (Å²) in [7, 11) is 1.79. The molecule has 1 fully saturated rings. The fourth-order valence-electron chi connectivity index (χ4n) is 2.47. The maximum atomic E-state index is 5.21. The molecule has 0 saturated carbocycles. The molecule has 1 rings (SSSR count). The minimum Gasteiger partial charge on any atom is -0.383 e. The van der Waals surface area contributed by atoms with Gasteiger partial charge in [-0.25, -0.2) is 0 Å². The second kappa shape index (κ2) is 7.25. The largest absolute Gasteiger partial charge is 0.383 e. The van der Waals surface area contributed by atoms with Crippen molar-refractivity contribution in [2.24, 2.45) is 5.92 Å². The zero-order chi connectivity index (χ0) is 12.0. The zero-order valence-corrected chi connectivity index (χ0v) is 11.3. The third-order valence-corrected chi connectivity index (χ3v) is 3.92. The molecule has 0 aromatic rings. The number of nitrogens with zero attached hydrogens (tertiary/aromatic N) is 1. The highest BCUT2D eigenvalue weighted by Crippen LogP contribution is 2.18. The minimum absolute atomic E-state index is 0.664. The molecule has 0 aromatic heterocycles. The fraction of sp³-hybridized carbons (Fsp3) is 1.00. The summed E-state index contributed by atoms with van der Waals surface area (Å²) in [6.45, 7) is 11.1. The lowest BCUT2D eigenvalue weighted by Gasteiger charge is -2.42. The quantitative estimate of drug-likeness (QED) is 0.749. The summed E-state index contributed by atoms with van der Waals surface area (Å²) in [6, 6.07) is 1.35. The molecule has 0 bridgehead atoms. The van der Waals surface area contributed by atoms with Gasteiger partial charge in [0.15, 0.2) is 0 Å². The van der Waals surface area contributed by atoms with E-state index in [1.165, 1.54) is 19.4 Å². The molecule has 96 valence electrons. The van der Waals surface area contributed by atoms with Gasteiger partial charge >= 0.3 is 0 Å². The van der Waals surface area contributed by atoms with E-state index in [0.717, 1.165) is 25.6 Å². The van der Waals surface area contributed by atoms with Gasteiger partial charge in [0.05, 0.1) is 6.61 Å². The third kappa shape index (κ3) is 3.72. The van der Waals surface area contributed by atoms with Crippen LogP contribution in [0.15, 0.2) is 0 Å². The summed E-state index contributed by atoms with van der Waals surface area (Å²) in [5, 5.41) is 3.66. The Bertz CT molecular complexity index is 187. The molecule has 0 spiro atoms. The average Bonchev–Trinajstić information content (AvgIpc) is 2.34. The standard InChI is InChI=1S/C13H28N2O/c1-5-11(3)13-9-14-12(6-2)10-15(13)7-8-16-4/h11-14H,5-10H2,1-4H3.